The van der Waals surface area contributed by atoms with Gasteiger partial charge >= 0.3 is 5.97 Å². The summed E-state index contributed by atoms with van der Waals surface area (Å²) in [6.45, 7) is 0. The predicted octanol–water partition coefficient (Wildman–Crippen LogP) is 2.82. The number of hydrogen-bond donors (Lipinski definition) is 0. The molecule has 0 N–H and O–H groups in total. The number of methoxy groups -OCH3 is 1. The summed E-state index contributed by atoms with van der Waals surface area (Å²) in [6.07, 6.45) is 0. The standard InChI is InChI=1S/C16H14N2O4/c1-18(17-21)14-6-4-3-5-13(14)15(19)11-7-9-12(10-8-11)16(20)22-2/h3-10H,1-2H3. The van der Waals surface area contributed by atoms with Crippen LogP contribution in [0, 0.1) is 4.91 Å². The van der Waals surface area contributed by atoms with Crippen LogP contribution in [0.3, 0.4) is 0 Å². The van der Waals surface area contributed by atoms with Gasteiger partial charge < -0.3 is 4.74 Å². The highest BCUT2D eigenvalue weighted by molar-refractivity contribution is 6.12. The molecule has 2 aromatic carbocycles. The Kier molecular flexibility index (Phi) is 4.63. The largest absolute Gasteiger partial charge is 0.465 e. The number of hydrogen-bond acceptors (Lipinski definition) is 5. The van der Waals surface area contributed by atoms with Crippen molar-refractivity contribution in [3.05, 3.63) is 70.1 Å². The summed E-state index contributed by atoms with van der Waals surface area (Å²) in [6, 6.07) is 12.8. The molecule has 0 aliphatic rings. The van der Waals surface area contributed by atoms with E-state index in [9.17, 15) is 14.5 Å². The average molecular weight is 298 g/mol. The van der Waals surface area contributed by atoms with Gasteiger partial charge in [0.25, 0.3) is 0 Å². The first-order valence-electron chi connectivity index (χ1n) is 6.47. The molecule has 2 rings (SSSR count). The zero-order valence-electron chi connectivity index (χ0n) is 12.1. The molecule has 0 spiro atoms. The van der Waals surface area contributed by atoms with E-state index in [1.807, 2.05) is 0 Å². The van der Waals surface area contributed by atoms with E-state index in [0.29, 0.717) is 22.4 Å². The van der Waals surface area contributed by atoms with Crippen molar-refractivity contribution in [1.82, 2.24) is 0 Å². The van der Waals surface area contributed by atoms with Crippen LogP contribution < -0.4 is 5.01 Å². The van der Waals surface area contributed by atoms with Crippen LogP contribution in [0.15, 0.2) is 53.8 Å². The molecule has 0 amide bonds. The molecule has 2 aromatic rings. The highest BCUT2D eigenvalue weighted by Crippen LogP contribution is 2.22. The minimum absolute atomic E-state index is 0.262. The Bertz CT molecular complexity index is 710. The zero-order chi connectivity index (χ0) is 16.1. The topological polar surface area (TPSA) is 76.0 Å². The van der Waals surface area contributed by atoms with Gasteiger partial charge in [0.05, 0.1) is 23.6 Å². The predicted molar refractivity (Wildman–Crippen MR) is 81.9 cm³/mol. The van der Waals surface area contributed by atoms with Crippen molar-refractivity contribution in [2.45, 2.75) is 0 Å². The monoisotopic (exact) mass is 298 g/mol. The minimum Gasteiger partial charge on any atom is -0.465 e. The Hall–Kier alpha value is -3.02. The van der Waals surface area contributed by atoms with Crippen molar-refractivity contribution in [3.8, 4) is 0 Å². The number of carbonyl (C=O) groups is 2. The van der Waals surface area contributed by atoms with E-state index in [2.05, 4.69) is 10.0 Å². The van der Waals surface area contributed by atoms with Gasteiger partial charge in [-0.25, -0.2) is 9.80 Å². The quantitative estimate of drug-likeness (QED) is 0.367. The Morgan fingerprint density at radius 3 is 2.18 bits per heavy atom. The minimum atomic E-state index is -0.468. The lowest BCUT2D eigenvalue weighted by Gasteiger charge is -2.13. The molecule has 0 saturated heterocycles. The third kappa shape index (κ3) is 3.01. The summed E-state index contributed by atoms with van der Waals surface area (Å²) in [5.74, 6) is -0.730. The number of rotatable bonds is 5. The number of nitroso groups, excluding NO2 is 1. The van der Waals surface area contributed by atoms with E-state index in [0.717, 1.165) is 5.01 Å². The maximum absolute atomic E-state index is 12.6. The zero-order valence-corrected chi connectivity index (χ0v) is 12.1. The first kappa shape index (κ1) is 15.4. The molecule has 22 heavy (non-hydrogen) atoms. The molecular formula is C16H14N2O4. The normalized spacial score (nSPS) is 9.91. The summed E-state index contributed by atoms with van der Waals surface area (Å²) in [5, 5.41) is 3.91. The van der Waals surface area contributed by atoms with E-state index in [1.54, 1.807) is 36.4 Å². The Morgan fingerprint density at radius 2 is 1.59 bits per heavy atom. The highest BCUT2D eigenvalue weighted by atomic mass is 16.5. The smallest absolute Gasteiger partial charge is 0.337 e. The summed E-state index contributed by atoms with van der Waals surface area (Å²) in [4.78, 5) is 34.6. The molecule has 0 aliphatic carbocycles. The fraction of sp³-hybridized carbons (Fsp3) is 0.125. The second-order valence-electron chi connectivity index (χ2n) is 4.52. The summed E-state index contributed by atoms with van der Waals surface area (Å²) in [5.41, 5.74) is 1.54. The van der Waals surface area contributed by atoms with Gasteiger partial charge in [0, 0.05) is 18.2 Å². The first-order valence-corrected chi connectivity index (χ1v) is 6.47. The first-order chi connectivity index (χ1) is 10.6. The lowest BCUT2D eigenvalue weighted by molar-refractivity contribution is 0.0600. The lowest BCUT2D eigenvalue weighted by atomic mass is 10.0. The number of esters is 1. The van der Waals surface area contributed by atoms with Crippen LogP contribution in [-0.4, -0.2) is 25.9 Å². The van der Waals surface area contributed by atoms with Gasteiger partial charge in [-0.15, -0.1) is 4.91 Å². The fourth-order valence-corrected chi connectivity index (χ4v) is 2.02. The second-order valence-corrected chi connectivity index (χ2v) is 4.52. The number of nitrogens with zero attached hydrogens (tertiary/aromatic N) is 2. The number of ketones is 1. The molecule has 0 heterocycles. The van der Waals surface area contributed by atoms with Crippen molar-refractivity contribution in [2.75, 3.05) is 19.2 Å². The molecule has 0 atom stereocenters. The van der Waals surface area contributed by atoms with Crippen molar-refractivity contribution in [1.29, 1.82) is 0 Å². The van der Waals surface area contributed by atoms with E-state index in [4.69, 9.17) is 0 Å². The SMILES string of the molecule is COC(=O)c1ccc(C(=O)c2ccccc2N(C)N=O)cc1. The van der Waals surface area contributed by atoms with Crippen LogP contribution in [0.5, 0.6) is 0 Å². The van der Waals surface area contributed by atoms with Crippen LogP contribution in [0.2, 0.25) is 0 Å². The molecule has 0 unspecified atom stereocenters. The molecule has 112 valence electrons. The molecule has 6 heteroatoms. The third-order valence-corrected chi connectivity index (χ3v) is 3.19. The molecule has 0 bridgehead atoms. The summed E-state index contributed by atoms with van der Waals surface area (Å²) in [7, 11) is 2.76. The maximum atomic E-state index is 12.6. The summed E-state index contributed by atoms with van der Waals surface area (Å²) >= 11 is 0. The van der Waals surface area contributed by atoms with Gasteiger partial charge in [-0.2, -0.15) is 0 Å². The van der Waals surface area contributed by atoms with Crippen LogP contribution in [0.25, 0.3) is 0 Å². The Balaban J connectivity index is 2.36. The molecule has 0 fully saturated rings. The van der Waals surface area contributed by atoms with Crippen LogP contribution in [-0.2, 0) is 4.74 Å². The van der Waals surface area contributed by atoms with Gasteiger partial charge in [0.1, 0.15) is 0 Å². The van der Waals surface area contributed by atoms with E-state index in [1.165, 1.54) is 26.3 Å². The Labute approximate surface area is 127 Å². The van der Waals surface area contributed by atoms with Crippen LogP contribution in [0.1, 0.15) is 26.3 Å². The lowest BCUT2D eigenvalue weighted by Crippen LogP contribution is -2.13. The Morgan fingerprint density at radius 1 is 1.00 bits per heavy atom. The molecule has 0 aromatic heterocycles. The van der Waals surface area contributed by atoms with Crippen molar-refractivity contribution < 1.29 is 14.3 Å². The van der Waals surface area contributed by atoms with Crippen LogP contribution >= 0.6 is 0 Å². The van der Waals surface area contributed by atoms with Gasteiger partial charge in [-0.3, -0.25) is 4.79 Å². The van der Waals surface area contributed by atoms with Crippen LogP contribution in [0.4, 0.5) is 5.69 Å². The fourth-order valence-electron chi connectivity index (χ4n) is 2.02. The number of ether oxygens (including phenoxy) is 1. The number of carbonyl (C=O) groups excluding carboxylic acids is 2. The van der Waals surface area contributed by atoms with Crippen molar-refractivity contribution in [3.63, 3.8) is 0 Å². The number of anilines is 1. The van der Waals surface area contributed by atoms with E-state index >= 15 is 0 Å². The number of benzene rings is 2. The molecule has 0 aliphatic heterocycles. The second kappa shape index (κ2) is 6.62. The van der Waals surface area contributed by atoms with Gasteiger partial charge in [-0.1, -0.05) is 24.3 Å². The summed E-state index contributed by atoms with van der Waals surface area (Å²) < 4.78 is 4.61. The third-order valence-electron chi connectivity index (χ3n) is 3.19. The van der Waals surface area contributed by atoms with E-state index in [-0.39, 0.29) is 5.78 Å². The van der Waals surface area contributed by atoms with Gasteiger partial charge in [-0.05, 0) is 24.3 Å². The highest BCUT2D eigenvalue weighted by Gasteiger charge is 2.16. The molecule has 0 saturated carbocycles. The molecule has 0 radical (unpaired) electrons. The maximum Gasteiger partial charge on any atom is 0.337 e. The van der Waals surface area contributed by atoms with Crippen molar-refractivity contribution in [2.24, 2.45) is 5.29 Å². The number of para-hydroxylation sites is 1. The average Bonchev–Trinajstić information content (AvgIpc) is 2.59. The van der Waals surface area contributed by atoms with Crippen molar-refractivity contribution >= 4 is 17.4 Å². The van der Waals surface area contributed by atoms with Gasteiger partial charge in [0.2, 0.25) is 0 Å². The molecule has 6 nitrogen and oxygen atoms in total. The molecular weight excluding hydrogens is 284 g/mol. The van der Waals surface area contributed by atoms with E-state index < -0.39 is 5.97 Å². The van der Waals surface area contributed by atoms with Gasteiger partial charge in [0.15, 0.2) is 5.78 Å².